The number of ether oxygens (including phenoxy) is 1. The Hall–Kier alpha value is -5.30. The molecular formula is C110H157BrCl4FNO2S4. The summed E-state index contributed by atoms with van der Waals surface area (Å²) in [5.74, 6) is 10.2. The molecule has 123 heavy (non-hydrogen) atoms. The van der Waals surface area contributed by atoms with E-state index in [9.17, 15) is 4.39 Å². The van der Waals surface area contributed by atoms with Crippen LogP contribution in [-0.2, 0) is 5.41 Å². The number of hydrogen-bond donors (Lipinski definition) is 0. The van der Waals surface area contributed by atoms with Crippen molar-refractivity contribution in [1.82, 2.24) is 5.16 Å². The smallest absolute Gasteiger partial charge is 0.137 e. The van der Waals surface area contributed by atoms with Gasteiger partial charge in [0.15, 0.2) is 0 Å². The van der Waals surface area contributed by atoms with Gasteiger partial charge < -0.3 is 9.26 Å². The summed E-state index contributed by atoms with van der Waals surface area (Å²) in [5, 5.41) is 11.8. The lowest BCUT2D eigenvalue weighted by Gasteiger charge is -2.24. The monoisotopic (exact) mass is 1890 g/mol. The van der Waals surface area contributed by atoms with E-state index < -0.39 is 0 Å². The average molecular weight is 1890 g/mol. The van der Waals surface area contributed by atoms with Crippen LogP contribution in [0.15, 0.2) is 171 Å². The molecule has 13 heteroatoms. The van der Waals surface area contributed by atoms with Gasteiger partial charge in [0, 0.05) is 24.7 Å². The Kier molecular flexibility index (Phi) is 53.3. The van der Waals surface area contributed by atoms with Crippen molar-refractivity contribution in [2.75, 3.05) is 7.11 Å². The minimum Gasteiger partial charge on any atom is -0.496 e. The fourth-order valence-corrected chi connectivity index (χ4v) is 21.1. The van der Waals surface area contributed by atoms with Gasteiger partial charge in [-0.1, -0.05) is 374 Å². The number of halogens is 6. The highest BCUT2D eigenvalue weighted by Gasteiger charge is 2.23. The quantitative estimate of drug-likeness (QED) is 0.103. The van der Waals surface area contributed by atoms with E-state index >= 15 is 0 Å². The molecule has 0 radical (unpaired) electrons. The molecule has 1 fully saturated rings. The van der Waals surface area contributed by atoms with E-state index in [0.29, 0.717) is 80.4 Å². The summed E-state index contributed by atoms with van der Waals surface area (Å²) >= 11 is 33.3. The molecule has 0 amide bonds. The lowest BCUT2D eigenvalue weighted by Crippen LogP contribution is -2.14. The van der Waals surface area contributed by atoms with E-state index in [-0.39, 0.29) is 17.2 Å². The zero-order valence-corrected chi connectivity index (χ0v) is 90.0. The third-order valence-corrected chi connectivity index (χ3v) is 28.4. The van der Waals surface area contributed by atoms with Crippen LogP contribution in [0.3, 0.4) is 0 Å². The van der Waals surface area contributed by atoms with Crippen LogP contribution < -0.4 is 4.74 Å². The summed E-state index contributed by atoms with van der Waals surface area (Å²) in [5.41, 5.74) is 23.7. The number of aryl methyl sites for hydroxylation is 6. The highest BCUT2D eigenvalue weighted by atomic mass is 79.9. The molecule has 12 rings (SSSR count). The molecule has 11 aromatic rings. The molecule has 680 valence electrons. The van der Waals surface area contributed by atoms with Crippen molar-refractivity contribution >= 4 is 108 Å². The van der Waals surface area contributed by atoms with Crippen molar-refractivity contribution < 1.29 is 13.7 Å². The van der Waals surface area contributed by atoms with E-state index in [0.717, 1.165) is 43.6 Å². The number of benzene rings is 6. The second-order valence-corrected chi connectivity index (χ2v) is 44.0. The summed E-state index contributed by atoms with van der Waals surface area (Å²) in [6.45, 7) is 76.5. The predicted octanol–water partition coefficient (Wildman–Crippen LogP) is 40.7. The molecule has 6 aromatic carbocycles. The van der Waals surface area contributed by atoms with Crippen LogP contribution in [0.2, 0.25) is 18.7 Å². The summed E-state index contributed by atoms with van der Waals surface area (Å²) in [6.07, 6.45) is 5.67. The Morgan fingerprint density at radius 1 is 0.431 bits per heavy atom. The number of rotatable bonds is 15. The zero-order chi connectivity index (χ0) is 93.6. The largest absolute Gasteiger partial charge is 0.496 e. The molecule has 0 unspecified atom stereocenters. The van der Waals surface area contributed by atoms with Gasteiger partial charge >= 0.3 is 0 Å². The van der Waals surface area contributed by atoms with Gasteiger partial charge in [0.2, 0.25) is 0 Å². The summed E-state index contributed by atoms with van der Waals surface area (Å²) in [4.78, 5) is 3.86. The standard InChI is InChI=1S/C15H22.2C13H20.C12H18.C11H16O.C10H13F.C8H13NO.C7H9BrS.2C7H8Cl2S.C7H10S/c1-11(2)15-12(3)7-6-10-14(15)13-8-4-5-9-13;1-10(2)11-8-6-7-9-12(11)13(3,4)5;1-9(2)12-8-6-7-11(5)13(12)10(3)4;1-9(2)11-7-5-6-8-12(11)10(3)4;1-8(2)11-9(3)6-5-7-10(11)12-4;1-7(2)10-8(3)5-4-6-9(10)11;1-5(2)8-6(3)9-10-7(8)4;1-5(2)7-6(8)3-4-9-7;1-4(2)7-5(8)3-6(9)10-7;1-4(2)6-3-5(8)7(9)10-6;1-6(2)7-3-4-8-5-7/h6-7,10-11,13H,4-5,8-9H2,1-3H3;2*6-10H,1-5H3;5-10H,1-4H3;5-8H,1-4H3;4-7H,1-3H3;5H,1-4H3;3-5H,1-2H3;2*3-4H,1-2H3;3-6H,1-2H3. The van der Waals surface area contributed by atoms with Gasteiger partial charge in [-0.25, -0.2) is 4.39 Å². The highest BCUT2D eigenvalue weighted by molar-refractivity contribution is 9.10. The molecular weight excluding hydrogens is 1740 g/mol. The van der Waals surface area contributed by atoms with Gasteiger partial charge in [0.05, 0.1) is 27.2 Å². The van der Waals surface area contributed by atoms with Crippen molar-refractivity contribution in [3.8, 4) is 5.75 Å². The fourth-order valence-electron chi connectivity index (χ4n) is 15.3. The molecule has 1 saturated carbocycles. The lowest BCUT2D eigenvalue weighted by molar-refractivity contribution is 0.392. The van der Waals surface area contributed by atoms with Crippen LogP contribution in [0.1, 0.15) is 424 Å². The second kappa shape index (κ2) is 57.6. The minimum absolute atomic E-state index is 0.0833. The van der Waals surface area contributed by atoms with E-state index in [2.05, 4.69) is 348 Å². The number of aromatic nitrogens is 1. The summed E-state index contributed by atoms with van der Waals surface area (Å²) in [7, 11) is 1.72. The first-order valence-electron chi connectivity index (χ1n) is 44.8. The number of nitrogens with zero attached hydrogens (tertiary/aromatic N) is 1. The fraction of sp³-hybridized carbons (Fsp3) is 0.500. The van der Waals surface area contributed by atoms with Crippen LogP contribution in [-0.4, -0.2) is 12.3 Å². The van der Waals surface area contributed by atoms with Crippen LogP contribution in [0.4, 0.5) is 4.39 Å². The van der Waals surface area contributed by atoms with Crippen molar-refractivity contribution in [1.29, 1.82) is 0 Å². The highest BCUT2D eigenvalue weighted by Crippen LogP contribution is 2.41. The third kappa shape index (κ3) is 39.3. The van der Waals surface area contributed by atoms with Gasteiger partial charge in [-0.15, -0.1) is 34.0 Å². The van der Waals surface area contributed by atoms with E-state index in [1.807, 2.05) is 70.2 Å². The Bertz CT molecular complexity index is 4650. The molecule has 5 aromatic heterocycles. The molecule has 5 heterocycles. The van der Waals surface area contributed by atoms with Gasteiger partial charge in [-0.2, -0.15) is 11.3 Å². The van der Waals surface area contributed by atoms with Crippen molar-refractivity contribution in [3.63, 3.8) is 0 Å². The Morgan fingerprint density at radius 3 is 1.18 bits per heavy atom. The normalized spacial score (nSPS) is 11.8. The molecule has 0 N–H and O–H groups in total. The first-order chi connectivity index (χ1) is 57.4. The van der Waals surface area contributed by atoms with Crippen LogP contribution in [0.25, 0.3) is 0 Å². The average Bonchev–Trinajstić information content (AvgIpc) is 1.76. The number of thiophene rings is 4. The SMILES string of the molecule is CC(C)c1cc(Cl)c(Cl)s1.CC(C)c1ccccc1C(C)(C)C.CC(C)c1ccccc1C(C)C.CC(C)c1ccsc1.CC(C)c1sc(Cl)cc1Cl.CC(C)c1sccc1Br.COc1cccc(C)c1C(C)C.Cc1cccc(C(C)C)c1C(C)C.Cc1cccc(C2CCCC2)c1C(C)C.Cc1cccc(F)c1C(C)C.Cc1noc(C)c1C(C)C. The third-order valence-electron chi connectivity index (χ3n) is 21.3. The van der Waals surface area contributed by atoms with Crippen molar-refractivity contribution in [3.05, 3.63) is 306 Å². The number of hydrogen-bond acceptors (Lipinski definition) is 7. The maximum absolute atomic E-state index is 13.1. The van der Waals surface area contributed by atoms with Crippen molar-refractivity contribution in [2.24, 2.45) is 0 Å². The number of methoxy groups -OCH3 is 1. The summed E-state index contributed by atoms with van der Waals surface area (Å²) < 4.78 is 26.1. The minimum atomic E-state index is -0.0833. The topological polar surface area (TPSA) is 35.3 Å². The van der Waals surface area contributed by atoms with Gasteiger partial charge in [-0.3, -0.25) is 0 Å². The Balaban J connectivity index is 0.000000460. The van der Waals surface area contributed by atoms with Gasteiger partial charge in [0.1, 0.15) is 21.7 Å². The maximum atomic E-state index is 13.1. The Labute approximate surface area is 794 Å². The zero-order valence-electron chi connectivity index (χ0n) is 82.2. The second-order valence-electron chi connectivity index (χ2n) is 37.2. The van der Waals surface area contributed by atoms with Crippen LogP contribution in [0.5, 0.6) is 5.75 Å². The molecule has 0 bridgehead atoms. The molecule has 1 aliphatic rings. The molecule has 0 atom stereocenters. The maximum Gasteiger partial charge on any atom is 0.137 e. The van der Waals surface area contributed by atoms with Crippen molar-refractivity contribution in [2.45, 2.75) is 356 Å². The molecule has 1 aliphatic carbocycles. The van der Waals surface area contributed by atoms with Gasteiger partial charge in [0.25, 0.3) is 0 Å². The van der Waals surface area contributed by atoms with E-state index in [4.69, 9.17) is 55.7 Å². The molecule has 0 saturated heterocycles. The van der Waals surface area contributed by atoms with Gasteiger partial charge in [-0.05, 0) is 295 Å². The Morgan fingerprint density at radius 2 is 0.878 bits per heavy atom. The van der Waals surface area contributed by atoms with E-state index in [1.54, 1.807) is 64.4 Å². The summed E-state index contributed by atoms with van der Waals surface area (Å²) in [6, 6.07) is 50.3. The first-order valence-corrected chi connectivity index (χ1v) is 50.5. The van der Waals surface area contributed by atoms with E-state index in [1.165, 1.54) is 118 Å². The molecule has 3 nitrogen and oxygen atoms in total. The molecule has 0 aliphatic heterocycles. The lowest BCUT2D eigenvalue weighted by atomic mass is 9.81. The molecule has 0 spiro atoms. The predicted molar refractivity (Wildman–Crippen MR) is 558 cm³/mol. The van der Waals surface area contributed by atoms with Crippen LogP contribution in [0, 0.1) is 47.4 Å². The first kappa shape index (κ1) is 114. The van der Waals surface area contributed by atoms with Crippen LogP contribution >= 0.6 is 108 Å².